The van der Waals surface area contributed by atoms with Crippen LogP contribution in [0, 0.1) is 6.92 Å². The van der Waals surface area contributed by atoms with E-state index in [9.17, 15) is 0 Å². The fraction of sp³-hybridized carbons (Fsp3) is 0.417. The average molecular weight is 203 g/mol. The summed E-state index contributed by atoms with van der Waals surface area (Å²) in [6.07, 6.45) is 0.987. The Bertz CT molecular complexity index is 459. The van der Waals surface area contributed by atoms with Crippen molar-refractivity contribution in [2.24, 2.45) is 5.73 Å². The first-order valence-electron chi connectivity index (χ1n) is 5.37. The molecule has 1 atom stereocenters. The maximum atomic E-state index is 5.60. The van der Waals surface area contributed by atoms with Crippen LogP contribution in [0.5, 0.6) is 0 Å². The summed E-state index contributed by atoms with van der Waals surface area (Å²) in [6.45, 7) is 4.95. The first kappa shape index (κ1) is 10.2. The smallest absolute Gasteiger partial charge is 0.106 e. The molecule has 1 aromatic heterocycles. The first-order valence-corrected chi connectivity index (χ1v) is 5.37. The van der Waals surface area contributed by atoms with E-state index in [1.807, 2.05) is 19.1 Å². The predicted molar refractivity (Wildman–Crippen MR) is 62.9 cm³/mol. The Morgan fingerprint density at radius 3 is 2.87 bits per heavy atom. The Morgan fingerprint density at radius 1 is 1.40 bits per heavy atom. The normalized spacial score (nSPS) is 13.3. The highest BCUT2D eigenvalue weighted by Crippen LogP contribution is 2.21. The van der Waals surface area contributed by atoms with E-state index in [0.29, 0.717) is 12.6 Å². The molecule has 3 heteroatoms. The van der Waals surface area contributed by atoms with Crippen molar-refractivity contribution in [1.29, 1.82) is 0 Å². The Morgan fingerprint density at radius 2 is 2.13 bits per heavy atom. The summed E-state index contributed by atoms with van der Waals surface area (Å²) in [6, 6.07) is 8.65. The van der Waals surface area contributed by atoms with Crippen LogP contribution in [0.4, 0.5) is 0 Å². The van der Waals surface area contributed by atoms with Gasteiger partial charge in [-0.15, -0.1) is 0 Å². The summed E-state index contributed by atoms with van der Waals surface area (Å²) in [5.41, 5.74) is 7.87. The van der Waals surface area contributed by atoms with E-state index in [1.165, 1.54) is 5.52 Å². The molecule has 0 fully saturated rings. The van der Waals surface area contributed by atoms with Gasteiger partial charge in [0.1, 0.15) is 5.82 Å². The van der Waals surface area contributed by atoms with Crippen LogP contribution in [-0.2, 0) is 0 Å². The van der Waals surface area contributed by atoms with E-state index >= 15 is 0 Å². The van der Waals surface area contributed by atoms with Gasteiger partial charge in [-0.05, 0) is 38.9 Å². The third-order valence-electron chi connectivity index (χ3n) is 2.80. The number of rotatable bonds is 3. The number of para-hydroxylation sites is 2. The number of fused-ring (bicyclic) bond motifs is 1. The third kappa shape index (κ3) is 1.75. The number of hydrogen-bond donors (Lipinski definition) is 1. The van der Waals surface area contributed by atoms with Gasteiger partial charge in [0, 0.05) is 6.04 Å². The number of hydrogen-bond acceptors (Lipinski definition) is 2. The SMILES string of the molecule is Cc1nc2ccccc2n1C(C)CCN. The van der Waals surface area contributed by atoms with Crippen LogP contribution in [0.3, 0.4) is 0 Å². The van der Waals surface area contributed by atoms with E-state index in [-0.39, 0.29) is 0 Å². The Balaban J connectivity index is 2.53. The Hall–Kier alpha value is -1.35. The van der Waals surface area contributed by atoms with Crippen LogP contribution in [-0.4, -0.2) is 16.1 Å². The van der Waals surface area contributed by atoms with Crippen LogP contribution >= 0.6 is 0 Å². The van der Waals surface area contributed by atoms with Crippen molar-refractivity contribution in [3.8, 4) is 0 Å². The second kappa shape index (κ2) is 4.03. The summed E-state index contributed by atoms with van der Waals surface area (Å²) < 4.78 is 2.27. The predicted octanol–water partition coefficient (Wildman–Crippen LogP) is 2.25. The minimum atomic E-state index is 0.419. The summed E-state index contributed by atoms with van der Waals surface area (Å²) >= 11 is 0. The lowest BCUT2D eigenvalue weighted by Gasteiger charge is -2.15. The van der Waals surface area contributed by atoms with Gasteiger partial charge in [0.2, 0.25) is 0 Å². The molecule has 0 aliphatic rings. The van der Waals surface area contributed by atoms with Gasteiger partial charge in [-0.3, -0.25) is 0 Å². The molecule has 0 bridgehead atoms. The second-order valence-corrected chi connectivity index (χ2v) is 3.94. The van der Waals surface area contributed by atoms with Gasteiger partial charge in [0.05, 0.1) is 11.0 Å². The molecule has 0 aliphatic heterocycles. The molecule has 1 heterocycles. The van der Waals surface area contributed by atoms with Crippen LogP contribution < -0.4 is 5.73 Å². The zero-order valence-corrected chi connectivity index (χ0v) is 9.27. The molecule has 0 radical (unpaired) electrons. The van der Waals surface area contributed by atoms with Gasteiger partial charge >= 0.3 is 0 Å². The van der Waals surface area contributed by atoms with Crippen molar-refractivity contribution in [3.63, 3.8) is 0 Å². The molecule has 0 aliphatic carbocycles. The Labute approximate surface area is 89.9 Å². The molecule has 0 amide bonds. The fourth-order valence-corrected chi connectivity index (χ4v) is 2.09. The molecule has 15 heavy (non-hydrogen) atoms. The van der Waals surface area contributed by atoms with Gasteiger partial charge in [-0.25, -0.2) is 4.98 Å². The molecular weight excluding hydrogens is 186 g/mol. The number of aromatic nitrogens is 2. The lowest BCUT2D eigenvalue weighted by Crippen LogP contribution is -2.12. The molecule has 80 valence electrons. The quantitative estimate of drug-likeness (QED) is 0.831. The van der Waals surface area contributed by atoms with Crippen LogP contribution in [0.1, 0.15) is 25.2 Å². The van der Waals surface area contributed by atoms with Crippen molar-refractivity contribution >= 4 is 11.0 Å². The standard InChI is InChI=1S/C12H17N3/c1-9(7-8-13)15-10(2)14-11-5-3-4-6-12(11)15/h3-6,9H,7-8,13H2,1-2H3. The highest BCUT2D eigenvalue weighted by Gasteiger charge is 2.11. The van der Waals surface area contributed by atoms with Gasteiger partial charge in [-0.1, -0.05) is 12.1 Å². The molecular formula is C12H17N3. The summed E-state index contributed by atoms with van der Waals surface area (Å²) in [7, 11) is 0. The van der Waals surface area contributed by atoms with E-state index in [2.05, 4.69) is 28.6 Å². The van der Waals surface area contributed by atoms with Crippen molar-refractivity contribution in [3.05, 3.63) is 30.1 Å². The number of nitrogens with two attached hydrogens (primary N) is 1. The summed E-state index contributed by atoms with van der Waals surface area (Å²) in [5, 5.41) is 0. The van der Waals surface area contributed by atoms with Crippen molar-refractivity contribution in [1.82, 2.24) is 9.55 Å². The minimum absolute atomic E-state index is 0.419. The number of imidazole rings is 1. The van der Waals surface area contributed by atoms with Gasteiger partial charge in [-0.2, -0.15) is 0 Å². The van der Waals surface area contributed by atoms with E-state index in [4.69, 9.17) is 5.73 Å². The third-order valence-corrected chi connectivity index (χ3v) is 2.80. The second-order valence-electron chi connectivity index (χ2n) is 3.94. The average Bonchev–Trinajstić information content (AvgIpc) is 2.54. The zero-order chi connectivity index (χ0) is 10.8. The number of aryl methyl sites for hydroxylation is 1. The van der Waals surface area contributed by atoms with Crippen molar-refractivity contribution in [2.75, 3.05) is 6.54 Å². The number of benzene rings is 1. The molecule has 3 nitrogen and oxygen atoms in total. The van der Waals surface area contributed by atoms with Gasteiger partial charge < -0.3 is 10.3 Å². The molecule has 2 N–H and O–H groups in total. The minimum Gasteiger partial charge on any atom is -0.330 e. The molecule has 0 saturated heterocycles. The molecule has 2 aromatic rings. The molecule has 0 saturated carbocycles. The molecule has 1 aromatic carbocycles. The largest absolute Gasteiger partial charge is 0.330 e. The van der Waals surface area contributed by atoms with E-state index < -0.39 is 0 Å². The Kier molecular flexibility index (Phi) is 2.73. The first-order chi connectivity index (χ1) is 7.24. The monoisotopic (exact) mass is 203 g/mol. The molecule has 2 rings (SSSR count). The van der Waals surface area contributed by atoms with Crippen molar-refractivity contribution < 1.29 is 0 Å². The summed E-state index contributed by atoms with van der Waals surface area (Å²) in [5.74, 6) is 1.07. The van der Waals surface area contributed by atoms with Crippen LogP contribution in [0.25, 0.3) is 11.0 Å². The highest BCUT2D eigenvalue weighted by molar-refractivity contribution is 5.76. The van der Waals surface area contributed by atoms with Crippen molar-refractivity contribution in [2.45, 2.75) is 26.3 Å². The van der Waals surface area contributed by atoms with Gasteiger partial charge in [0.15, 0.2) is 0 Å². The van der Waals surface area contributed by atoms with Crippen LogP contribution in [0.15, 0.2) is 24.3 Å². The lowest BCUT2D eigenvalue weighted by atomic mass is 10.2. The maximum absolute atomic E-state index is 5.60. The molecule has 1 unspecified atom stereocenters. The summed E-state index contributed by atoms with van der Waals surface area (Å²) in [4.78, 5) is 4.54. The maximum Gasteiger partial charge on any atom is 0.106 e. The van der Waals surface area contributed by atoms with E-state index in [1.54, 1.807) is 0 Å². The highest BCUT2D eigenvalue weighted by atomic mass is 15.1. The fourth-order valence-electron chi connectivity index (χ4n) is 2.09. The zero-order valence-electron chi connectivity index (χ0n) is 9.27. The van der Waals surface area contributed by atoms with E-state index in [0.717, 1.165) is 17.8 Å². The van der Waals surface area contributed by atoms with Crippen LogP contribution in [0.2, 0.25) is 0 Å². The van der Waals surface area contributed by atoms with Gasteiger partial charge in [0.25, 0.3) is 0 Å². The lowest BCUT2D eigenvalue weighted by molar-refractivity contribution is 0.515. The topological polar surface area (TPSA) is 43.8 Å². The number of nitrogens with zero attached hydrogens (tertiary/aromatic N) is 2. The molecule has 0 spiro atoms.